The molecule has 1 atom stereocenters. The minimum Gasteiger partial charge on any atom is -0.344 e. The van der Waals surface area contributed by atoms with E-state index in [9.17, 15) is 4.79 Å². The summed E-state index contributed by atoms with van der Waals surface area (Å²) >= 11 is 1.47. The molecule has 0 aromatic carbocycles. The van der Waals surface area contributed by atoms with Crippen LogP contribution in [-0.4, -0.2) is 22.4 Å². The molecule has 0 aliphatic carbocycles. The molecule has 2 rings (SSSR count). The predicted octanol–water partition coefficient (Wildman–Crippen LogP) is 1.92. The molecule has 0 saturated heterocycles. The van der Waals surface area contributed by atoms with Crippen molar-refractivity contribution in [1.29, 1.82) is 0 Å². The molecule has 2 aromatic heterocycles. The lowest BCUT2D eigenvalue weighted by atomic mass is 10.1. The highest BCUT2D eigenvalue weighted by Crippen LogP contribution is 2.17. The minimum absolute atomic E-state index is 0.0230. The van der Waals surface area contributed by atoms with E-state index in [0.717, 1.165) is 17.0 Å². The molecule has 0 aliphatic heterocycles. The number of carbonyl (C=O) groups excluding carboxylic acids is 1. The fraction of sp³-hybridized carbons (Fsp3) is 0.357. The van der Waals surface area contributed by atoms with Crippen LogP contribution in [0.2, 0.25) is 0 Å². The first kappa shape index (κ1) is 14.6. The van der Waals surface area contributed by atoms with Gasteiger partial charge in [-0.3, -0.25) is 9.78 Å². The summed E-state index contributed by atoms with van der Waals surface area (Å²) in [5.41, 5.74) is 7.00. The molecule has 2 heterocycles. The number of hydrogen-bond acceptors (Lipinski definition) is 5. The van der Waals surface area contributed by atoms with E-state index in [-0.39, 0.29) is 11.9 Å². The molecule has 6 heteroatoms. The second-order valence-electron chi connectivity index (χ2n) is 4.38. The number of carbonyl (C=O) groups is 1. The van der Waals surface area contributed by atoms with Crippen LogP contribution in [0.3, 0.4) is 0 Å². The van der Waals surface area contributed by atoms with Crippen molar-refractivity contribution in [1.82, 2.24) is 15.3 Å². The summed E-state index contributed by atoms with van der Waals surface area (Å²) in [5.74, 6) is -0.145. The van der Waals surface area contributed by atoms with Crippen LogP contribution in [-0.2, 0) is 6.42 Å². The molecule has 20 heavy (non-hydrogen) atoms. The van der Waals surface area contributed by atoms with Crippen LogP contribution in [0.15, 0.2) is 29.9 Å². The maximum atomic E-state index is 12.2. The van der Waals surface area contributed by atoms with E-state index in [1.54, 1.807) is 17.8 Å². The highest BCUT2D eigenvalue weighted by molar-refractivity contribution is 7.09. The van der Waals surface area contributed by atoms with E-state index in [0.29, 0.717) is 18.7 Å². The zero-order valence-electron chi connectivity index (χ0n) is 11.4. The van der Waals surface area contributed by atoms with Gasteiger partial charge < -0.3 is 11.1 Å². The number of nitrogens with two attached hydrogens (primary N) is 1. The van der Waals surface area contributed by atoms with Crippen molar-refractivity contribution in [3.63, 3.8) is 0 Å². The van der Waals surface area contributed by atoms with Crippen molar-refractivity contribution in [2.24, 2.45) is 5.73 Å². The van der Waals surface area contributed by atoms with Gasteiger partial charge in [0, 0.05) is 24.2 Å². The first-order valence-corrected chi connectivity index (χ1v) is 7.47. The lowest BCUT2D eigenvalue weighted by molar-refractivity contribution is 0.0931. The quantitative estimate of drug-likeness (QED) is 0.851. The van der Waals surface area contributed by atoms with Crippen LogP contribution in [0, 0.1) is 0 Å². The monoisotopic (exact) mass is 290 g/mol. The Morgan fingerprint density at radius 3 is 2.85 bits per heavy atom. The largest absolute Gasteiger partial charge is 0.344 e. The summed E-state index contributed by atoms with van der Waals surface area (Å²) in [6, 6.07) is 3.80. The van der Waals surface area contributed by atoms with Gasteiger partial charge in [-0.1, -0.05) is 6.92 Å². The smallest absolute Gasteiger partial charge is 0.271 e. The first-order valence-electron chi connectivity index (χ1n) is 6.59. The van der Waals surface area contributed by atoms with Crippen molar-refractivity contribution in [2.45, 2.75) is 25.8 Å². The van der Waals surface area contributed by atoms with E-state index in [4.69, 9.17) is 5.73 Å². The van der Waals surface area contributed by atoms with E-state index in [1.807, 2.05) is 19.1 Å². The van der Waals surface area contributed by atoms with E-state index < -0.39 is 0 Å². The second kappa shape index (κ2) is 7.12. The number of rotatable bonds is 6. The molecule has 1 unspecified atom stereocenters. The molecule has 0 bridgehead atoms. The van der Waals surface area contributed by atoms with Crippen molar-refractivity contribution < 1.29 is 4.79 Å². The molecule has 2 aromatic rings. The summed E-state index contributed by atoms with van der Waals surface area (Å²) in [6.45, 7) is 2.58. The zero-order chi connectivity index (χ0) is 14.4. The average molecular weight is 290 g/mol. The molecule has 106 valence electrons. The number of nitrogens with one attached hydrogen (secondary N) is 1. The molecule has 5 nitrogen and oxygen atoms in total. The number of hydrogen-bond donors (Lipinski definition) is 2. The van der Waals surface area contributed by atoms with Gasteiger partial charge in [-0.15, -0.1) is 11.3 Å². The third-order valence-electron chi connectivity index (χ3n) is 2.96. The normalized spacial score (nSPS) is 12.1. The number of nitrogens with zero attached hydrogens (tertiary/aromatic N) is 2. The average Bonchev–Trinajstić information content (AvgIpc) is 2.94. The van der Waals surface area contributed by atoms with E-state index >= 15 is 0 Å². The van der Waals surface area contributed by atoms with Crippen molar-refractivity contribution in [3.05, 3.63) is 46.2 Å². The van der Waals surface area contributed by atoms with Crippen LogP contribution in [0.4, 0.5) is 0 Å². The third kappa shape index (κ3) is 3.61. The Bertz CT molecular complexity index is 555. The summed E-state index contributed by atoms with van der Waals surface area (Å²) in [6.07, 6.45) is 4.98. The Labute approximate surface area is 122 Å². The molecule has 0 aliphatic rings. The molecular formula is C14H18N4OS. The number of thiazole rings is 1. The van der Waals surface area contributed by atoms with Gasteiger partial charge in [0.1, 0.15) is 5.69 Å². The molecule has 0 spiro atoms. The lowest BCUT2D eigenvalue weighted by Gasteiger charge is -2.16. The summed E-state index contributed by atoms with van der Waals surface area (Å²) < 4.78 is 0. The number of aromatic nitrogens is 2. The maximum absolute atomic E-state index is 12.2. The van der Waals surface area contributed by atoms with E-state index in [1.165, 1.54) is 11.3 Å². The van der Waals surface area contributed by atoms with Crippen LogP contribution >= 0.6 is 11.3 Å². The molecule has 3 N–H and O–H groups in total. The fourth-order valence-corrected chi connectivity index (χ4v) is 2.70. The van der Waals surface area contributed by atoms with Gasteiger partial charge in [-0.25, -0.2) is 4.98 Å². The molecule has 0 radical (unpaired) electrons. The Morgan fingerprint density at radius 2 is 2.20 bits per heavy atom. The number of pyridine rings is 1. The maximum Gasteiger partial charge on any atom is 0.271 e. The van der Waals surface area contributed by atoms with Gasteiger partial charge in [0.05, 0.1) is 11.0 Å². The minimum atomic E-state index is -0.145. The Balaban J connectivity index is 2.05. The van der Waals surface area contributed by atoms with E-state index in [2.05, 4.69) is 15.3 Å². The standard InChI is InChI=1S/C14H18N4OS/c1-2-11(10-4-7-16-8-5-10)18-14(19)12-9-20-13(17-12)3-6-15/h4-5,7-9,11H,2-3,6,15H2,1H3,(H,18,19). The Kier molecular flexibility index (Phi) is 5.20. The van der Waals surface area contributed by atoms with Crippen molar-refractivity contribution in [2.75, 3.05) is 6.54 Å². The van der Waals surface area contributed by atoms with Crippen LogP contribution in [0.1, 0.15) is 40.4 Å². The van der Waals surface area contributed by atoms with Crippen molar-refractivity contribution in [3.8, 4) is 0 Å². The van der Waals surface area contributed by atoms with Gasteiger partial charge in [0.2, 0.25) is 0 Å². The summed E-state index contributed by atoms with van der Waals surface area (Å²) in [5, 5.41) is 5.68. The van der Waals surface area contributed by atoms with Crippen LogP contribution < -0.4 is 11.1 Å². The van der Waals surface area contributed by atoms with Crippen molar-refractivity contribution >= 4 is 17.2 Å². The van der Waals surface area contributed by atoms with Crippen LogP contribution in [0.25, 0.3) is 0 Å². The highest BCUT2D eigenvalue weighted by Gasteiger charge is 2.16. The molecule has 0 saturated carbocycles. The first-order chi connectivity index (χ1) is 9.74. The predicted molar refractivity (Wildman–Crippen MR) is 79.6 cm³/mol. The Morgan fingerprint density at radius 1 is 1.45 bits per heavy atom. The van der Waals surface area contributed by atoms with Gasteiger partial charge in [0.15, 0.2) is 0 Å². The van der Waals surface area contributed by atoms with Gasteiger partial charge in [0.25, 0.3) is 5.91 Å². The lowest BCUT2D eigenvalue weighted by Crippen LogP contribution is -2.28. The second-order valence-corrected chi connectivity index (χ2v) is 5.32. The zero-order valence-corrected chi connectivity index (χ0v) is 12.2. The summed E-state index contributed by atoms with van der Waals surface area (Å²) in [7, 11) is 0. The Hall–Kier alpha value is -1.79. The molecule has 0 fully saturated rings. The van der Waals surface area contributed by atoms with Gasteiger partial charge in [-0.2, -0.15) is 0 Å². The SMILES string of the molecule is CCC(NC(=O)c1csc(CCN)n1)c1ccncc1. The fourth-order valence-electron chi connectivity index (χ4n) is 1.90. The molecular weight excluding hydrogens is 272 g/mol. The van der Waals surface area contributed by atoms with Gasteiger partial charge in [-0.05, 0) is 30.7 Å². The number of amides is 1. The topological polar surface area (TPSA) is 80.9 Å². The van der Waals surface area contributed by atoms with Crippen LogP contribution in [0.5, 0.6) is 0 Å². The summed E-state index contributed by atoms with van der Waals surface area (Å²) in [4.78, 5) is 20.5. The highest BCUT2D eigenvalue weighted by atomic mass is 32.1. The van der Waals surface area contributed by atoms with Gasteiger partial charge >= 0.3 is 0 Å². The molecule has 1 amide bonds. The third-order valence-corrected chi connectivity index (χ3v) is 3.87.